The maximum atomic E-state index is 12.9. The molecule has 150 valence electrons. The number of halogens is 1. The van der Waals surface area contributed by atoms with Crippen molar-refractivity contribution >= 4 is 33.6 Å². The van der Waals surface area contributed by atoms with Gasteiger partial charge in [-0.15, -0.1) is 16.8 Å². The van der Waals surface area contributed by atoms with Gasteiger partial charge in [0.1, 0.15) is 0 Å². The van der Waals surface area contributed by atoms with Gasteiger partial charge in [-0.25, -0.2) is 0 Å². The van der Waals surface area contributed by atoms with E-state index in [1.165, 1.54) is 11.8 Å². The molecule has 1 unspecified atom stereocenters. The van der Waals surface area contributed by atoms with Gasteiger partial charge in [0.05, 0.1) is 5.25 Å². The molecule has 0 aliphatic carbocycles. The van der Waals surface area contributed by atoms with Crippen LogP contribution in [0.15, 0.2) is 46.5 Å². The summed E-state index contributed by atoms with van der Waals surface area (Å²) in [5, 5.41) is 9.27. The molecule has 1 amide bonds. The Kier molecular flexibility index (Phi) is 7.31. The molecule has 0 saturated carbocycles. The van der Waals surface area contributed by atoms with Gasteiger partial charge >= 0.3 is 0 Å². The van der Waals surface area contributed by atoms with Gasteiger partial charge in [-0.3, -0.25) is 9.36 Å². The summed E-state index contributed by atoms with van der Waals surface area (Å²) < 4.78 is 3.03. The van der Waals surface area contributed by atoms with Crippen LogP contribution < -0.4 is 0 Å². The van der Waals surface area contributed by atoms with E-state index in [-0.39, 0.29) is 11.2 Å². The Bertz CT molecular complexity index is 815. The lowest BCUT2D eigenvalue weighted by atomic mass is 10.2. The van der Waals surface area contributed by atoms with E-state index in [0.717, 1.165) is 53.7 Å². The van der Waals surface area contributed by atoms with Crippen molar-refractivity contribution in [1.29, 1.82) is 0 Å². The van der Waals surface area contributed by atoms with Gasteiger partial charge in [0.2, 0.25) is 5.91 Å². The molecule has 6 nitrogen and oxygen atoms in total. The fourth-order valence-electron chi connectivity index (χ4n) is 3.23. The second-order valence-corrected chi connectivity index (χ2v) is 8.96. The van der Waals surface area contributed by atoms with Crippen LogP contribution in [0.1, 0.15) is 13.8 Å². The van der Waals surface area contributed by atoms with Crippen LogP contribution in [-0.4, -0.2) is 68.4 Å². The molecule has 1 aliphatic heterocycles. The molecule has 1 aromatic heterocycles. The molecule has 1 aliphatic rings. The average Bonchev–Trinajstić information content (AvgIpc) is 3.10. The molecule has 0 radical (unpaired) electrons. The van der Waals surface area contributed by atoms with Crippen LogP contribution in [0.2, 0.25) is 0 Å². The number of aromatic nitrogens is 3. The Hall–Kier alpha value is -1.64. The highest BCUT2D eigenvalue weighted by atomic mass is 79.9. The zero-order valence-electron chi connectivity index (χ0n) is 16.3. The Labute approximate surface area is 179 Å². The lowest BCUT2D eigenvalue weighted by Crippen LogP contribution is -2.50. The van der Waals surface area contributed by atoms with E-state index in [9.17, 15) is 4.79 Å². The summed E-state index contributed by atoms with van der Waals surface area (Å²) in [5.74, 6) is 0.949. The molecule has 1 saturated heterocycles. The zero-order chi connectivity index (χ0) is 20.1. The largest absolute Gasteiger partial charge is 0.339 e. The minimum atomic E-state index is -0.210. The smallest absolute Gasteiger partial charge is 0.235 e. The summed E-state index contributed by atoms with van der Waals surface area (Å²) >= 11 is 4.92. The van der Waals surface area contributed by atoms with Gasteiger partial charge < -0.3 is 9.80 Å². The molecule has 8 heteroatoms. The van der Waals surface area contributed by atoms with Crippen LogP contribution in [0.4, 0.5) is 0 Å². The van der Waals surface area contributed by atoms with E-state index in [1.54, 1.807) is 0 Å². The first-order valence-corrected chi connectivity index (χ1v) is 11.2. The topological polar surface area (TPSA) is 54.3 Å². The first-order chi connectivity index (χ1) is 13.5. The number of nitrogens with zero attached hydrogens (tertiary/aromatic N) is 5. The summed E-state index contributed by atoms with van der Waals surface area (Å²) in [5.41, 5.74) is 0.985. The minimum absolute atomic E-state index is 0.166. The maximum Gasteiger partial charge on any atom is 0.235 e. The number of rotatable bonds is 7. The third-order valence-electron chi connectivity index (χ3n) is 4.89. The van der Waals surface area contributed by atoms with Crippen molar-refractivity contribution in [3.05, 3.63) is 41.4 Å². The summed E-state index contributed by atoms with van der Waals surface area (Å²) in [6, 6.07) is 7.97. The highest BCUT2D eigenvalue weighted by Gasteiger charge is 2.27. The normalized spacial score (nSPS) is 16.2. The highest BCUT2D eigenvalue weighted by Crippen LogP contribution is 2.28. The van der Waals surface area contributed by atoms with Crippen molar-refractivity contribution in [3.63, 3.8) is 0 Å². The first-order valence-electron chi connectivity index (χ1n) is 9.51. The summed E-state index contributed by atoms with van der Waals surface area (Å²) in [6.45, 7) is 13.1. The summed E-state index contributed by atoms with van der Waals surface area (Å²) in [4.78, 5) is 17.2. The monoisotopic (exact) mass is 463 g/mol. The number of thioether (sulfide) groups is 1. The molecule has 2 aromatic rings. The molecular weight excluding hydrogens is 438 g/mol. The molecule has 0 spiro atoms. The SMILES string of the molecule is C=CCn1c(SC(C)C(=O)N2CCN(CC)CC2)nnc1-c1ccc(Br)cc1. The van der Waals surface area contributed by atoms with Gasteiger partial charge in [-0.2, -0.15) is 0 Å². The lowest BCUT2D eigenvalue weighted by molar-refractivity contribution is -0.132. The quantitative estimate of drug-likeness (QED) is 0.464. The van der Waals surface area contributed by atoms with Gasteiger partial charge in [-0.05, 0) is 25.6 Å². The Morgan fingerprint density at radius 1 is 1.25 bits per heavy atom. The molecule has 1 atom stereocenters. The third-order valence-corrected chi connectivity index (χ3v) is 6.49. The number of allylic oxidation sites excluding steroid dienone is 1. The molecule has 3 rings (SSSR count). The Morgan fingerprint density at radius 2 is 1.93 bits per heavy atom. The Balaban J connectivity index is 1.73. The molecule has 1 fully saturated rings. The van der Waals surface area contributed by atoms with Crippen LogP contribution in [-0.2, 0) is 11.3 Å². The second-order valence-electron chi connectivity index (χ2n) is 6.73. The van der Waals surface area contributed by atoms with Gasteiger partial charge in [-0.1, -0.05) is 52.8 Å². The van der Waals surface area contributed by atoms with Crippen molar-refractivity contribution < 1.29 is 4.79 Å². The number of likely N-dealkylation sites (N-methyl/N-ethyl adjacent to an activating group) is 1. The van der Waals surface area contributed by atoms with Gasteiger partial charge in [0.25, 0.3) is 0 Å². The van der Waals surface area contributed by atoms with Crippen LogP contribution in [0.5, 0.6) is 0 Å². The van der Waals surface area contributed by atoms with E-state index in [1.807, 2.05) is 46.7 Å². The van der Waals surface area contributed by atoms with Crippen LogP contribution >= 0.6 is 27.7 Å². The van der Waals surface area contributed by atoms with Gasteiger partial charge in [0, 0.05) is 42.8 Å². The maximum absolute atomic E-state index is 12.9. The predicted molar refractivity (Wildman–Crippen MR) is 117 cm³/mol. The highest BCUT2D eigenvalue weighted by molar-refractivity contribution is 9.10. The van der Waals surface area contributed by atoms with Crippen molar-refractivity contribution in [2.45, 2.75) is 30.8 Å². The summed E-state index contributed by atoms with van der Waals surface area (Å²) in [6.07, 6.45) is 1.83. The predicted octanol–water partition coefficient (Wildman–Crippen LogP) is 3.54. The number of piperazine rings is 1. The molecule has 1 aromatic carbocycles. The molecular formula is C20H26BrN5OS. The third kappa shape index (κ3) is 4.85. The number of hydrogen-bond donors (Lipinski definition) is 0. The number of hydrogen-bond acceptors (Lipinski definition) is 5. The first kappa shape index (κ1) is 21.1. The average molecular weight is 464 g/mol. The number of carbonyl (C=O) groups excluding carboxylic acids is 1. The van der Waals surface area contributed by atoms with Crippen molar-refractivity contribution in [3.8, 4) is 11.4 Å². The Morgan fingerprint density at radius 3 is 2.54 bits per heavy atom. The van der Waals surface area contributed by atoms with Crippen molar-refractivity contribution in [2.24, 2.45) is 0 Å². The zero-order valence-corrected chi connectivity index (χ0v) is 18.7. The number of amides is 1. The standard InChI is InChI=1S/C20H26BrN5OS/c1-4-10-26-18(16-6-8-17(21)9-7-16)22-23-20(26)28-15(3)19(27)25-13-11-24(5-2)12-14-25/h4,6-9,15H,1,5,10-14H2,2-3H3. The van der Waals surface area contributed by atoms with E-state index in [4.69, 9.17) is 0 Å². The van der Waals surface area contributed by atoms with Crippen molar-refractivity contribution in [2.75, 3.05) is 32.7 Å². The molecule has 28 heavy (non-hydrogen) atoms. The fraction of sp³-hybridized carbons (Fsp3) is 0.450. The van der Waals surface area contributed by atoms with E-state index >= 15 is 0 Å². The van der Waals surface area contributed by atoms with E-state index < -0.39 is 0 Å². The number of carbonyl (C=O) groups is 1. The minimum Gasteiger partial charge on any atom is -0.339 e. The van der Waals surface area contributed by atoms with Crippen molar-refractivity contribution in [1.82, 2.24) is 24.6 Å². The van der Waals surface area contributed by atoms with E-state index in [2.05, 4.69) is 44.5 Å². The van der Waals surface area contributed by atoms with Crippen LogP contribution in [0.3, 0.4) is 0 Å². The number of benzene rings is 1. The summed E-state index contributed by atoms with van der Waals surface area (Å²) in [7, 11) is 0. The van der Waals surface area contributed by atoms with Crippen LogP contribution in [0.25, 0.3) is 11.4 Å². The fourth-order valence-corrected chi connectivity index (χ4v) is 4.44. The second kappa shape index (κ2) is 9.71. The lowest BCUT2D eigenvalue weighted by Gasteiger charge is -2.35. The molecule has 0 N–H and O–H groups in total. The van der Waals surface area contributed by atoms with Gasteiger partial charge in [0.15, 0.2) is 11.0 Å². The van der Waals surface area contributed by atoms with E-state index in [0.29, 0.717) is 6.54 Å². The molecule has 0 bridgehead atoms. The molecule has 2 heterocycles. The van der Waals surface area contributed by atoms with Crippen LogP contribution in [0, 0.1) is 0 Å².